The summed E-state index contributed by atoms with van der Waals surface area (Å²) in [6.45, 7) is 0. The number of nitro benzene ring substituents is 1. The standard InChI is InChI=1S/C6H6N2O3.Na/c7-5-3-4(8(10)11)1-2-6(5)9;/h1-3,9H,7H2;/q;+1/p-1. The van der Waals surface area contributed by atoms with Gasteiger partial charge in [-0.2, -0.15) is 0 Å². The molecule has 0 atom stereocenters. The van der Waals surface area contributed by atoms with Gasteiger partial charge in [-0.15, -0.1) is 0 Å². The van der Waals surface area contributed by atoms with Gasteiger partial charge in [0.15, 0.2) is 0 Å². The van der Waals surface area contributed by atoms with Crippen LogP contribution >= 0.6 is 0 Å². The normalized spacial score (nSPS) is 8.67. The van der Waals surface area contributed by atoms with E-state index in [2.05, 4.69) is 0 Å². The molecule has 0 heterocycles. The number of nitrogens with zero attached hydrogens (tertiary/aromatic N) is 1. The van der Waals surface area contributed by atoms with Crippen LogP contribution < -0.4 is 40.4 Å². The number of benzene rings is 1. The molecule has 0 aromatic heterocycles. The van der Waals surface area contributed by atoms with E-state index in [4.69, 9.17) is 5.73 Å². The number of nitro groups is 1. The first-order valence-electron chi connectivity index (χ1n) is 2.82. The molecule has 0 saturated carbocycles. The van der Waals surface area contributed by atoms with Crippen molar-refractivity contribution >= 4 is 11.4 Å². The van der Waals surface area contributed by atoms with E-state index in [0.29, 0.717) is 0 Å². The van der Waals surface area contributed by atoms with E-state index in [1.54, 1.807) is 0 Å². The van der Waals surface area contributed by atoms with Gasteiger partial charge in [-0.1, -0.05) is 11.8 Å². The van der Waals surface area contributed by atoms with Gasteiger partial charge in [0.2, 0.25) is 0 Å². The average Bonchev–Trinajstić information content (AvgIpc) is 1.94. The predicted molar refractivity (Wildman–Crippen MR) is 37.0 cm³/mol. The van der Waals surface area contributed by atoms with Crippen LogP contribution in [-0.4, -0.2) is 4.92 Å². The van der Waals surface area contributed by atoms with Crippen LogP contribution in [0, 0.1) is 10.1 Å². The van der Waals surface area contributed by atoms with Crippen LogP contribution in [0.3, 0.4) is 0 Å². The third kappa shape index (κ3) is 2.37. The molecule has 0 saturated heterocycles. The second kappa shape index (κ2) is 4.30. The summed E-state index contributed by atoms with van der Waals surface area (Å²) in [6, 6.07) is 3.24. The zero-order valence-corrected chi connectivity index (χ0v) is 8.48. The summed E-state index contributed by atoms with van der Waals surface area (Å²) in [5.41, 5.74) is 4.88. The quantitative estimate of drug-likeness (QED) is 0.217. The molecule has 0 aliphatic heterocycles. The summed E-state index contributed by atoms with van der Waals surface area (Å²) < 4.78 is 0. The number of anilines is 1. The van der Waals surface area contributed by atoms with Crippen LogP contribution in [0.2, 0.25) is 0 Å². The van der Waals surface area contributed by atoms with Crippen molar-refractivity contribution in [2.75, 3.05) is 5.73 Å². The maximum absolute atomic E-state index is 10.6. The molecule has 58 valence electrons. The van der Waals surface area contributed by atoms with E-state index in [-0.39, 0.29) is 40.9 Å². The van der Waals surface area contributed by atoms with Crippen LogP contribution in [0.15, 0.2) is 18.2 Å². The predicted octanol–water partition coefficient (Wildman–Crippen LogP) is -2.75. The van der Waals surface area contributed by atoms with Crippen LogP contribution in [0.5, 0.6) is 5.75 Å². The Morgan fingerprint density at radius 1 is 1.42 bits per heavy atom. The second-order valence-electron chi connectivity index (χ2n) is 1.98. The first kappa shape index (κ1) is 11.2. The molecule has 12 heavy (non-hydrogen) atoms. The van der Waals surface area contributed by atoms with Gasteiger partial charge in [0.1, 0.15) is 0 Å². The maximum Gasteiger partial charge on any atom is 1.00 e. The fourth-order valence-corrected chi connectivity index (χ4v) is 0.649. The van der Waals surface area contributed by atoms with Gasteiger partial charge in [-0.05, 0) is 0 Å². The van der Waals surface area contributed by atoms with Gasteiger partial charge in [-0.3, -0.25) is 10.1 Å². The van der Waals surface area contributed by atoms with Gasteiger partial charge in [-0.25, -0.2) is 0 Å². The fraction of sp³-hybridized carbons (Fsp3) is 0. The average molecular weight is 176 g/mol. The molecule has 0 aliphatic carbocycles. The Balaban J connectivity index is 0.00000121. The maximum atomic E-state index is 10.6. The monoisotopic (exact) mass is 176 g/mol. The van der Waals surface area contributed by atoms with E-state index in [0.717, 1.165) is 18.2 Å². The van der Waals surface area contributed by atoms with Crippen LogP contribution in [0.1, 0.15) is 0 Å². The summed E-state index contributed by atoms with van der Waals surface area (Å²) in [5.74, 6) is -0.393. The molecule has 6 heteroatoms. The van der Waals surface area contributed by atoms with Crippen LogP contribution in [0.25, 0.3) is 0 Å². The second-order valence-corrected chi connectivity index (χ2v) is 1.98. The van der Waals surface area contributed by atoms with Crippen molar-refractivity contribution in [2.24, 2.45) is 0 Å². The SMILES string of the molecule is Nc1cc([N+](=O)[O-])ccc1[O-].[Na+]. The number of nitrogens with two attached hydrogens (primary N) is 1. The van der Waals surface area contributed by atoms with Crippen molar-refractivity contribution in [1.82, 2.24) is 0 Å². The first-order valence-corrected chi connectivity index (χ1v) is 2.82. The molecule has 1 aromatic carbocycles. The molecule has 5 nitrogen and oxygen atoms in total. The Labute approximate surface area is 90.6 Å². The molecule has 0 amide bonds. The van der Waals surface area contributed by atoms with Crippen molar-refractivity contribution in [2.45, 2.75) is 0 Å². The minimum atomic E-state index is -0.601. The molecule has 2 N–H and O–H groups in total. The van der Waals surface area contributed by atoms with Gasteiger partial charge in [0, 0.05) is 17.8 Å². The summed E-state index contributed by atoms with van der Waals surface area (Å²) in [5, 5.41) is 20.8. The first-order chi connectivity index (χ1) is 5.11. The zero-order chi connectivity index (χ0) is 8.43. The molecule has 1 rings (SSSR count). The number of hydrogen-bond acceptors (Lipinski definition) is 4. The minimum Gasteiger partial charge on any atom is -0.871 e. The zero-order valence-electron chi connectivity index (χ0n) is 6.48. The van der Waals surface area contributed by atoms with Crippen LogP contribution in [0.4, 0.5) is 11.4 Å². The Hall–Kier alpha value is -0.780. The topological polar surface area (TPSA) is 92.2 Å². The number of non-ortho nitro benzene ring substituents is 1. The summed E-state index contributed by atoms with van der Waals surface area (Å²) in [4.78, 5) is 9.51. The van der Waals surface area contributed by atoms with E-state index < -0.39 is 10.7 Å². The Bertz CT molecular complexity index is 303. The molecule has 0 bridgehead atoms. The Morgan fingerprint density at radius 3 is 2.42 bits per heavy atom. The smallest absolute Gasteiger partial charge is 0.871 e. The summed E-state index contributed by atoms with van der Waals surface area (Å²) >= 11 is 0. The Kier molecular flexibility index (Phi) is 4.02. The minimum absolute atomic E-state index is 0. The van der Waals surface area contributed by atoms with Crippen LogP contribution in [-0.2, 0) is 0 Å². The molecule has 0 fully saturated rings. The molecule has 0 radical (unpaired) electrons. The van der Waals surface area contributed by atoms with Gasteiger partial charge in [0.25, 0.3) is 5.69 Å². The van der Waals surface area contributed by atoms with Crippen molar-refractivity contribution in [3.8, 4) is 5.75 Å². The Morgan fingerprint density at radius 2 is 2.00 bits per heavy atom. The van der Waals surface area contributed by atoms with E-state index in [1.807, 2.05) is 0 Å². The third-order valence-corrected chi connectivity index (χ3v) is 1.20. The number of hydrogen-bond donors (Lipinski definition) is 1. The van der Waals surface area contributed by atoms with Crippen molar-refractivity contribution < 1.29 is 39.6 Å². The molecule has 0 aliphatic rings. The molecule has 0 spiro atoms. The van der Waals surface area contributed by atoms with E-state index in [9.17, 15) is 15.2 Å². The summed E-state index contributed by atoms with van der Waals surface area (Å²) in [6.07, 6.45) is 0. The van der Waals surface area contributed by atoms with Gasteiger partial charge >= 0.3 is 29.6 Å². The largest absolute Gasteiger partial charge is 1.00 e. The number of rotatable bonds is 1. The molecular weight excluding hydrogens is 171 g/mol. The van der Waals surface area contributed by atoms with Crippen molar-refractivity contribution in [3.05, 3.63) is 28.3 Å². The molecule has 0 unspecified atom stereocenters. The third-order valence-electron chi connectivity index (χ3n) is 1.20. The fourth-order valence-electron chi connectivity index (χ4n) is 0.649. The van der Waals surface area contributed by atoms with Gasteiger partial charge in [0.05, 0.1) is 4.92 Å². The summed E-state index contributed by atoms with van der Waals surface area (Å²) in [7, 11) is 0. The van der Waals surface area contributed by atoms with Crippen molar-refractivity contribution in [1.29, 1.82) is 0 Å². The number of nitrogen functional groups attached to an aromatic ring is 1. The molecule has 1 aromatic rings. The van der Waals surface area contributed by atoms with E-state index in [1.165, 1.54) is 0 Å². The van der Waals surface area contributed by atoms with E-state index >= 15 is 0 Å². The van der Waals surface area contributed by atoms with Crippen molar-refractivity contribution in [3.63, 3.8) is 0 Å². The van der Waals surface area contributed by atoms with Gasteiger partial charge < -0.3 is 10.8 Å². The molecular formula is C6H5N2NaO3.